The second-order valence-corrected chi connectivity index (χ2v) is 9.97. The molecule has 0 aliphatic heterocycles. The molecule has 9 heteroatoms. The van der Waals surface area contributed by atoms with Crippen LogP contribution in [0.3, 0.4) is 0 Å². The first kappa shape index (κ1) is 27.8. The molecule has 0 fully saturated rings. The van der Waals surface area contributed by atoms with Crippen LogP contribution in [0.4, 0.5) is 14.0 Å². The van der Waals surface area contributed by atoms with Crippen molar-refractivity contribution in [2.45, 2.75) is 72.4 Å². The third-order valence-electron chi connectivity index (χ3n) is 4.23. The predicted molar refractivity (Wildman–Crippen MR) is 133 cm³/mol. The Balaban J connectivity index is 1.98. The van der Waals surface area contributed by atoms with E-state index in [1.54, 1.807) is 47.6 Å². The first-order valence-corrected chi connectivity index (χ1v) is 11.4. The summed E-state index contributed by atoms with van der Waals surface area (Å²) >= 11 is 0. The molecule has 190 valence electrons. The van der Waals surface area contributed by atoms with Crippen LogP contribution in [0.15, 0.2) is 53.5 Å². The van der Waals surface area contributed by atoms with Crippen molar-refractivity contribution in [3.8, 4) is 0 Å². The number of carbonyl (C=O) groups excluding carboxylic acids is 2. The number of carbonyl (C=O) groups is 2. The van der Waals surface area contributed by atoms with Crippen molar-refractivity contribution < 1.29 is 23.5 Å². The van der Waals surface area contributed by atoms with Crippen molar-refractivity contribution in [1.82, 2.24) is 16.0 Å². The maximum absolute atomic E-state index is 13.3. The summed E-state index contributed by atoms with van der Waals surface area (Å²) in [5.74, 6) is -0.328. The summed E-state index contributed by atoms with van der Waals surface area (Å²) in [5.41, 5.74) is 1.37. The zero-order valence-corrected chi connectivity index (χ0v) is 21.2. The summed E-state index contributed by atoms with van der Waals surface area (Å²) in [6, 6.07) is 14.2. The standard InChI is InChI=1S/C26H35FN4O4/c1-25(2,3)34-23(32)30-22(31-24(33)35-26(4,5)6)29-17-19-12-10-18(11-13-19)15-28-16-20-8-7-9-21(27)14-20/h7-14,28H,15-17H2,1-6H3,(H2,29,30,31,32,33). The molecular weight excluding hydrogens is 451 g/mol. The molecule has 0 bridgehead atoms. The van der Waals surface area contributed by atoms with Crippen molar-refractivity contribution in [2.24, 2.45) is 4.99 Å². The number of benzene rings is 2. The zero-order chi connectivity index (χ0) is 26.1. The molecule has 2 aromatic rings. The molecule has 0 aromatic heterocycles. The molecule has 0 unspecified atom stereocenters. The fraction of sp³-hybridized carbons (Fsp3) is 0.423. The van der Waals surface area contributed by atoms with Gasteiger partial charge in [0, 0.05) is 13.1 Å². The lowest BCUT2D eigenvalue weighted by molar-refractivity contribution is 0.0545. The van der Waals surface area contributed by atoms with Crippen molar-refractivity contribution in [3.63, 3.8) is 0 Å². The third-order valence-corrected chi connectivity index (χ3v) is 4.23. The number of aliphatic imine (C=N–C) groups is 1. The van der Waals surface area contributed by atoms with E-state index in [0.717, 1.165) is 16.7 Å². The first-order chi connectivity index (χ1) is 16.3. The normalized spacial score (nSPS) is 11.4. The number of guanidine groups is 1. The SMILES string of the molecule is CC(C)(C)OC(=O)NC(=NCc1ccc(CNCc2cccc(F)c2)cc1)NC(=O)OC(C)(C)C. The van der Waals surface area contributed by atoms with Gasteiger partial charge in [-0.2, -0.15) is 0 Å². The fourth-order valence-electron chi connectivity index (χ4n) is 2.84. The Hall–Kier alpha value is -3.46. The fourth-order valence-corrected chi connectivity index (χ4v) is 2.84. The second-order valence-electron chi connectivity index (χ2n) is 9.97. The Morgan fingerprint density at radius 2 is 1.31 bits per heavy atom. The average molecular weight is 487 g/mol. The summed E-state index contributed by atoms with van der Waals surface area (Å²) in [4.78, 5) is 28.7. The van der Waals surface area contributed by atoms with Gasteiger partial charge in [-0.1, -0.05) is 36.4 Å². The summed E-state index contributed by atoms with van der Waals surface area (Å²) in [5, 5.41) is 8.20. The van der Waals surface area contributed by atoms with Gasteiger partial charge in [0.25, 0.3) is 0 Å². The molecule has 0 aliphatic rings. The molecule has 8 nitrogen and oxygen atoms in total. The Morgan fingerprint density at radius 3 is 1.83 bits per heavy atom. The van der Waals surface area contributed by atoms with E-state index in [4.69, 9.17) is 9.47 Å². The highest BCUT2D eigenvalue weighted by molar-refractivity contribution is 6.01. The number of ether oxygens (including phenoxy) is 2. The number of halogens is 1. The lowest BCUT2D eigenvalue weighted by atomic mass is 10.1. The second kappa shape index (κ2) is 12.3. The number of nitrogens with zero attached hydrogens (tertiary/aromatic N) is 1. The summed E-state index contributed by atoms with van der Waals surface area (Å²) < 4.78 is 23.8. The van der Waals surface area contributed by atoms with Crippen molar-refractivity contribution in [3.05, 3.63) is 71.0 Å². The summed E-state index contributed by atoms with van der Waals surface area (Å²) in [6.45, 7) is 11.8. The van der Waals surface area contributed by atoms with Crippen molar-refractivity contribution >= 4 is 18.1 Å². The average Bonchev–Trinajstić information content (AvgIpc) is 2.70. The van der Waals surface area contributed by atoms with Gasteiger partial charge in [-0.3, -0.25) is 10.6 Å². The van der Waals surface area contributed by atoms with E-state index in [2.05, 4.69) is 20.9 Å². The Labute approximate surface area is 206 Å². The molecule has 2 aromatic carbocycles. The minimum Gasteiger partial charge on any atom is -0.444 e. The van der Waals surface area contributed by atoms with Gasteiger partial charge in [0.1, 0.15) is 17.0 Å². The molecule has 2 amide bonds. The monoisotopic (exact) mass is 486 g/mol. The van der Waals surface area contributed by atoms with Gasteiger partial charge >= 0.3 is 12.2 Å². The molecule has 0 saturated carbocycles. The Bertz CT molecular complexity index is 993. The Kier molecular flexibility index (Phi) is 9.77. The van der Waals surface area contributed by atoms with E-state index >= 15 is 0 Å². The quantitative estimate of drug-likeness (QED) is 0.393. The van der Waals surface area contributed by atoms with Crippen molar-refractivity contribution in [2.75, 3.05) is 0 Å². The maximum atomic E-state index is 13.3. The maximum Gasteiger partial charge on any atom is 0.414 e. The van der Waals surface area contributed by atoms with Gasteiger partial charge in [0.2, 0.25) is 5.96 Å². The highest BCUT2D eigenvalue weighted by atomic mass is 19.1. The van der Waals surface area contributed by atoms with E-state index < -0.39 is 23.4 Å². The van der Waals surface area contributed by atoms with Gasteiger partial charge in [-0.05, 0) is 70.4 Å². The smallest absolute Gasteiger partial charge is 0.414 e. The predicted octanol–water partition coefficient (Wildman–Crippen LogP) is 5.02. The van der Waals surface area contributed by atoms with Crippen LogP contribution in [0.1, 0.15) is 58.2 Å². The number of alkyl carbamates (subject to hydrolysis) is 2. The molecule has 35 heavy (non-hydrogen) atoms. The third kappa shape index (κ3) is 12.0. The first-order valence-electron chi connectivity index (χ1n) is 11.4. The van der Waals surface area contributed by atoms with Gasteiger partial charge < -0.3 is 14.8 Å². The summed E-state index contributed by atoms with van der Waals surface area (Å²) in [6.07, 6.45) is -1.49. The highest BCUT2D eigenvalue weighted by Gasteiger charge is 2.21. The number of hydrogen-bond acceptors (Lipinski definition) is 6. The number of hydrogen-bond donors (Lipinski definition) is 3. The van der Waals surface area contributed by atoms with E-state index in [-0.39, 0.29) is 18.3 Å². The number of amides is 2. The van der Waals surface area contributed by atoms with Gasteiger partial charge in [0.05, 0.1) is 6.54 Å². The topological polar surface area (TPSA) is 101 Å². The van der Waals surface area contributed by atoms with Crippen LogP contribution in [-0.2, 0) is 29.1 Å². The molecule has 0 atom stereocenters. The molecule has 3 N–H and O–H groups in total. The van der Waals surface area contributed by atoms with Crippen LogP contribution in [0, 0.1) is 5.82 Å². The zero-order valence-electron chi connectivity index (χ0n) is 21.2. The highest BCUT2D eigenvalue weighted by Crippen LogP contribution is 2.09. The molecule has 0 radical (unpaired) electrons. The molecule has 2 rings (SSSR count). The van der Waals surface area contributed by atoms with Gasteiger partial charge in [-0.25, -0.2) is 19.0 Å². The van der Waals surface area contributed by atoms with Crippen LogP contribution in [-0.4, -0.2) is 29.3 Å². The van der Waals surface area contributed by atoms with Crippen LogP contribution < -0.4 is 16.0 Å². The summed E-state index contributed by atoms with van der Waals surface area (Å²) in [7, 11) is 0. The largest absolute Gasteiger partial charge is 0.444 e. The van der Waals surface area contributed by atoms with Crippen LogP contribution in [0.5, 0.6) is 0 Å². The van der Waals surface area contributed by atoms with Crippen LogP contribution in [0.2, 0.25) is 0 Å². The Morgan fingerprint density at radius 1 is 0.800 bits per heavy atom. The van der Waals surface area contributed by atoms with E-state index in [9.17, 15) is 14.0 Å². The number of nitrogens with one attached hydrogen (secondary N) is 3. The van der Waals surface area contributed by atoms with Gasteiger partial charge in [-0.15, -0.1) is 0 Å². The van der Waals surface area contributed by atoms with Gasteiger partial charge in [0.15, 0.2) is 0 Å². The van der Waals surface area contributed by atoms with E-state index in [1.165, 1.54) is 12.1 Å². The molecular formula is C26H35FN4O4. The van der Waals surface area contributed by atoms with Crippen LogP contribution in [0.25, 0.3) is 0 Å². The molecule has 0 saturated heterocycles. The van der Waals surface area contributed by atoms with E-state index in [1.807, 2.05) is 30.3 Å². The minimum absolute atomic E-state index is 0.0747. The minimum atomic E-state index is -0.743. The molecule has 0 spiro atoms. The van der Waals surface area contributed by atoms with Crippen LogP contribution >= 0.6 is 0 Å². The van der Waals surface area contributed by atoms with Crippen molar-refractivity contribution in [1.29, 1.82) is 0 Å². The van der Waals surface area contributed by atoms with E-state index in [0.29, 0.717) is 13.1 Å². The molecule has 0 aliphatic carbocycles. The lowest BCUT2D eigenvalue weighted by Gasteiger charge is -2.22. The molecule has 0 heterocycles. The number of rotatable bonds is 6. The lowest BCUT2D eigenvalue weighted by Crippen LogP contribution is -2.47.